The Kier molecular flexibility index (Phi) is 5.43. The second-order valence-corrected chi connectivity index (χ2v) is 8.41. The molecule has 0 saturated carbocycles. The monoisotopic (exact) mass is 412 g/mol. The summed E-state index contributed by atoms with van der Waals surface area (Å²) < 4.78 is 8.47. The summed E-state index contributed by atoms with van der Waals surface area (Å²) in [6, 6.07) is 22.2. The number of halogens is 1. The van der Waals surface area contributed by atoms with Crippen molar-refractivity contribution in [2.24, 2.45) is 4.99 Å². The van der Waals surface area contributed by atoms with Crippen LogP contribution in [0, 0.1) is 0 Å². The first-order chi connectivity index (χ1) is 13.2. The number of thiazole rings is 1. The summed E-state index contributed by atoms with van der Waals surface area (Å²) in [5, 5.41) is 2.14. The van der Waals surface area contributed by atoms with Gasteiger partial charge < -0.3 is 9.30 Å². The summed E-state index contributed by atoms with van der Waals surface area (Å²) in [4.78, 5) is 6.94. The van der Waals surface area contributed by atoms with Crippen LogP contribution in [0.15, 0.2) is 77.1 Å². The van der Waals surface area contributed by atoms with E-state index in [4.69, 9.17) is 21.3 Å². The maximum atomic E-state index is 6.17. The van der Waals surface area contributed by atoms with Crippen molar-refractivity contribution in [3.05, 3.63) is 86.8 Å². The molecule has 2 heterocycles. The molecule has 4 aromatic rings. The van der Waals surface area contributed by atoms with Crippen molar-refractivity contribution in [2.75, 3.05) is 7.11 Å². The Hall–Kier alpha value is -2.34. The van der Waals surface area contributed by atoms with Crippen LogP contribution in [-0.2, 0) is 6.54 Å². The zero-order valence-electron chi connectivity index (χ0n) is 14.6. The molecule has 0 aliphatic rings. The smallest absolute Gasteiger partial charge is 0.190 e. The van der Waals surface area contributed by atoms with Crippen molar-refractivity contribution in [2.45, 2.75) is 6.54 Å². The number of rotatable bonds is 5. The Labute approximate surface area is 170 Å². The van der Waals surface area contributed by atoms with E-state index < -0.39 is 0 Å². The van der Waals surface area contributed by atoms with E-state index in [1.165, 1.54) is 5.56 Å². The van der Waals surface area contributed by atoms with E-state index in [0.717, 1.165) is 37.7 Å². The van der Waals surface area contributed by atoms with Gasteiger partial charge >= 0.3 is 0 Å². The van der Waals surface area contributed by atoms with Gasteiger partial charge in [-0.2, -0.15) is 0 Å². The van der Waals surface area contributed by atoms with Crippen LogP contribution in [0.4, 0.5) is 5.69 Å². The Balaban J connectivity index is 1.86. The van der Waals surface area contributed by atoms with Crippen LogP contribution in [0.25, 0.3) is 10.6 Å². The minimum Gasteiger partial charge on any atom is -0.494 e. The van der Waals surface area contributed by atoms with Gasteiger partial charge in [0, 0.05) is 5.38 Å². The van der Waals surface area contributed by atoms with Gasteiger partial charge in [0.25, 0.3) is 0 Å². The first-order valence-electron chi connectivity index (χ1n) is 8.40. The third-order valence-corrected chi connectivity index (χ3v) is 6.23. The first-order valence-corrected chi connectivity index (χ1v) is 10.5. The molecule has 27 heavy (non-hydrogen) atoms. The minimum absolute atomic E-state index is 0.739. The molecule has 0 N–H and O–H groups in total. The number of thiophene rings is 1. The van der Waals surface area contributed by atoms with Gasteiger partial charge in [0.1, 0.15) is 11.4 Å². The maximum Gasteiger partial charge on any atom is 0.190 e. The molecule has 0 atom stereocenters. The largest absolute Gasteiger partial charge is 0.494 e. The highest BCUT2D eigenvalue weighted by molar-refractivity contribution is 7.19. The summed E-state index contributed by atoms with van der Waals surface area (Å²) in [6.45, 7) is 0.739. The highest BCUT2D eigenvalue weighted by Crippen LogP contribution is 2.32. The Morgan fingerprint density at radius 1 is 1.00 bits per heavy atom. The molecule has 0 unspecified atom stereocenters. The van der Waals surface area contributed by atoms with Crippen LogP contribution in [0.1, 0.15) is 5.56 Å². The molecular formula is C21H17ClN2OS2. The Morgan fingerprint density at radius 2 is 1.78 bits per heavy atom. The Morgan fingerprint density at radius 3 is 2.52 bits per heavy atom. The van der Waals surface area contributed by atoms with Gasteiger partial charge in [0.15, 0.2) is 4.80 Å². The SMILES string of the molecule is COc1ccccc1N=c1scc(-c2ccc(Cl)s2)n1Cc1ccccc1. The van der Waals surface area contributed by atoms with E-state index in [-0.39, 0.29) is 0 Å². The predicted octanol–water partition coefficient (Wildman–Crippen LogP) is 6.22. The molecule has 2 aromatic heterocycles. The van der Waals surface area contributed by atoms with Gasteiger partial charge in [-0.3, -0.25) is 0 Å². The Bertz CT molecular complexity index is 1110. The number of benzene rings is 2. The van der Waals surface area contributed by atoms with Crippen molar-refractivity contribution in [3.8, 4) is 16.3 Å². The lowest BCUT2D eigenvalue weighted by Gasteiger charge is -2.09. The van der Waals surface area contributed by atoms with Crippen molar-refractivity contribution in [1.82, 2.24) is 4.57 Å². The van der Waals surface area contributed by atoms with E-state index in [9.17, 15) is 0 Å². The van der Waals surface area contributed by atoms with Crippen LogP contribution in [0.2, 0.25) is 4.34 Å². The van der Waals surface area contributed by atoms with Crippen LogP contribution in [-0.4, -0.2) is 11.7 Å². The number of para-hydroxylation sites is 2. The highest BCUT2D eigenvalue weighted by atomic mass is 35.5. The summed E-state index contributed by atoms with van der Waals surface area (Å²) in [5.74, 6) is 0.762. The summed E-state index contributed by atoms with van der Waals surface area (Å²) in [6.07, 6.45) is 0. The van der Waals surface area contributed by atoms with Gasteiger partial charge in [-0.15, -0.1) is 22.7 Å². The lowest BCUT2D eigenvalue weighted by atomic mass is 10.2. The fraction of sp³-hybridized carbons (Fsp3) is 0.0952. The quantitative estimate of drug-likeness (QED) is 0.382. The molecule has 0 aliphatic carbocycles. The van der Waals surface area contributed by atoms with E-state index >= 15 is 0 Å². The van der Waals surface area contributed by atoms with Gasteiger partial charge in [0.2, 0.25) is 0 Å². The maximum absolute atomic E-state index is 6.17. The van der Waals surface area contributed by atoms with Crippen LogP contribution >= 0.6 is 34.3 Å². The van der Waals surface area contributed by atoms with Gasteiger partial charge in [-0.1, -0.05) is 54.1 Å². The fourth-order valence-electron chi connectivity index (χ4n) is 2.81. The van der Waals surface area contributed by atoms with E-state index in [1.807, 2.05) is 36.4 Å². The predicted molar refractivity (Wildman–Crippen MR) is 114 cm³/mol. The van der Waals surface area contributed by atoms with Crippen LogP contribution < -0.4 is 9.54 Å². The standard InChI is InChI=1S/C21H17ClN2OS2/c1-25-18-10-6-5-9-16(18)23-21-24(13-15-7-3-2-4-8-15)17(14-26-21)19-11-12-20(22)27-19/h2-12,14H,13H2,1H3. The fourth-order valence-corrected chi connectivity index (χ4v) is 4.87. The van der Waals surface area contributed by atoms with Gasteiger partial charge in [-0.05, 0) is 29.8 Å². The van der Waals surface area contributed by atoms with Gasteiger partial charge in [-0.25, -0.2) is 4.99 Å². The molecule has 0 aliphatic heterocycles. The molecule has 0 radical (unpaired) electrons. The summed E-state index contributed by atoms with van der Waals surface area (Å²) in [5.41, 5.74) is 3.16. The molecule has 2 aromatic carbocycles. The molecule has 6 heteroatoms. The van der Waals surface area contributed by atoms with Crippen molar-refractivity contribution >= 4 is 40.0 Å². The number of hydrogen-bond donors (Lipinski definition) is 0. The molecule has 0 saturated heterocycles. The van der Waals surface area contributed by atoms with Crippen molar-refractivity contribution < 1.29 is 4.74 Å². The number of hydrogen-bond acceptors (Lipinski definition) is 4. The second-order valence-electron chi connectivity index (χ2n) is 5.86. The third-order valence-electron chi connectivity index (χ3n) is 4.11. The average Bonchev–Trinajstić information content (AvgIpc) is 3.29. The average molecular weight is 413 g/mol. The molecular weight excluding hydrogens is 396 g/mol. The lowest BCUT2D eigenvalue weighted by molar-refractivity contribution is 0.416. The third kappa shape index (κ3) is 4.00. The molecule has 4 rings (SSSR count). The van der Waals surface area contributed by atoms with E-state index in [2.05, 4.69) is 40.3 Å². The highest BCUT2D eigenvalue weighted by Gasteiger charge is 2.12. The number of nitrogens with zero attached hydrogens (tertiary/aromatic N) is 2. The zero-order valence-corrected chi connectivity index (χ0v) is 17.0. The van der Waals surface area contributed by atoms with Crippen LogP contribution in [0.5, 0.6) is 5.75 Å². The van der Waals surface area contributed by atoms with Gasteiger partial charge in [0.05, 0.1) is 28.6 Å². The van der Waals surface area contributed by atoms with Crippen molar-refractivity contribution in [3.63, 3.8) is 0 Å². The van der Waals surface area contributed by atoms with E-state index in [0.29, 0.717) is 0 Å². The molecule has 0 fully saturated rings. The summed E-state index contributed by atoms with van der Waals surface area (Å²) in [7, 11) is 1.67. The zero-order chi connectivity index (χ0) is 18.6. The molecule has 0 amide bonds. The van der Waals surface area contributed by atoms with E-state index in [1.54, 1.807) is 29.8 Å². The number of ether oxygens (including phenoxy) is 1. The van der Waals surface area contributed by atoms with Crippen LogP contribution in [0.3, 0.4) is 0 Å². The lowest BCUT2D eigenvalue weighted by Crippen LogP contribution is -2.16. The molecule has 136 valence electrons. The molecule has 0 bridgehead atoms. The first kappa shape index (κ1) is 18.0. The minimum atomic E-state index is 0.739. The normalized spacial score (nSPS) is 11.7. The second kappa shape index (κ2) is 8.13. The summed E-state index contributed by atoms with van der Waals surface area (Å²) >= 11 is 9.37. The topological polar surface area (TPSA) is 26.5 Å². The molecule has 3 nitrogen and oxygen atoms in total. The van der Waals surface area contributed by atoms with Crippen molar-refractivity contribution in [1.29, 1.82) is 0 Å². The number of methoxy groups -OCH3 is 1. The molecule has 0 spiro atoms. The number of aromatic nitrogens is 1.